The molecule has 0 fully saturated rings. The number of hydrogen-bond acceptors (Lipinski definition) is 2. The van der Waals surface area contributed by atoms with Crippen LogP contribution in [-0.2, 0) is 12.8 Å². The number of fused-ring (bicyclic) bond motifs is 1. The lowest BCUT2D eigenvalue weighted by Gasteiger charge is -2.09. The first kappa shape index (κ1) is 14.1. The number of aromatic nitrogens is 2. The summed E-state index contributed by atoms with van der Waals surface area (Å²) in [6.45, 7) is 2.78. The van der Waals surface area contributed by atoms with Crippen molar-refractivity contribution < 1.29 is 0 Å². The Morgan fingerprint density at radius 2 is 1.90 bits per heavy atom. The summed E-state index contributed by atoms with van der Waals surface area (Å²) in [7, 11) is 0. The minimum Gasteiger partial charge on any atom is -0.330 e. The molecule has 2 aromatic carbocycles. The van der Waals surface area contributed by atoms with Crippen molar-refractivity contribution in [1.82, 2.24) is 9.55 Å². The van der Waals surface area contributed by atoms with E-state index >= 15 is 0 Å². The molecule has 0 aliphatic rings. The van der Waals surface area contributed by atoms with Crippen LogP contribution < -0.4 is 5.73 Å². The lowest BCUT2D eigenvalue weighted by Crippen LogP contribution is -2.03. The van der Waals surface area contributed by atoms with E-state index < -0.39 is 0 Å². The van der Waals surface area contributed by atoms with E-state index in [1.165, 1.54) is 5.56 Å². The highest BCUT2D eigenvalue weighted by Gasteiger charge is 2.12. The Bertz CT molecular complexity index is 760. The van der Waals surface area contributed by atoms with Gasteiger partial charge >= 0.3 is 0 Å². The highest BCUT2D eigenvalue weighted by atomic mass is 35.5. The molecule has 2 N–H and O–H groups in total. The monoisotopic (exact) mass is 299 g/mol. The van der Waals surface area contributed by atoms with Gasteiger partial charge in [0.1, 0.15) is 11.3 Å². The Hall–Kier alpha value is -1.84. The number of imidazole rings is 1. The summed E-state index contributed by atoms with van der Waals surface area (Å²) >= 11 is 6.26. The summed E-state index contributed by atoms with van der Waals surface area (Å²) in [4.78, 5) is 4.68. The van der Waals surface area contributed by atoms with Crippen LogP contribution in [0, 0.1) is 0 Å². The molecule has 0 saturated heterocycles. The number of nitrogens with two attached hydrogens (primary N) is 1. The lowest BCUT2D eigenvalue weighted by atomic mass is 10.1. The molecule has 0 unspecified atom stereocenters. The molecule has 108 valence electrons. The van der Waals surface area contributed by atoms with Crippen LogP contribution >= 0.6 is 11.6 Å². The third-order valence-electron chi connectivity index (χ3n) is 3.65. The first-order valence-electron chi connectivity index (χ1n) is 7.19. The van der Waals surface area contributed by atoms with Gasteiger partial charge in [-0.1, -0.05) is 36.7 Å². The SMILES string of the molecule is CCc1nc2c(Cl)cccc2n1-c1ccc(CCN)cc1. The zero-order valence-electron chi connectivity index (χ0n) is 12.0. The average Bonchev–Trinajstić information content (AvgIpc) is 2.88. The minimum absolute atomic E-state index is 0.670. The summed E-state index contributed by atoms with van der Waals surface area (Å²) in [5.74, 6) is 1.02. The van der Waals surface area contributed by atoms with Crippen LogP contribution in [-0.4, -0.2) is 16.1 Å². The molecule has 0 saturated carbocycles. The Labute approximate surface area is 129 Å². The molecule has 0 bridgehead atoms. The first-order valence-corrected chi connectivity index (χ1v) is 7.57. The number of halogens is 1. The van der Waals surface area contributed by atoms with Crippen molar-refractivity contribution in [2.45, 2.75) is 19.8 Å². The van der Waals surface area contributed by atoms with E-state index in [0.717, 1.165) is 35.4 Å². The number of nitrogens with zero attached hydrogens (tertiary/aromatic N) is 2. The van der Waals surface area contributed by atoms with E-state index in [-0.39, 0.29) is 0 Å². The summed E-state index contributed by atoms with van der Waals surface area (Å²) in [6.07, 6.45) is 1.76. The second-order valence-corrected chi connectivity index (χ2v) is 5.44. The summed E-state index contributed by atoms with van der Waals surface area (Å²) in [5, 5.41) is 0.695. The Balaban J connectivity index is 2.16. The van der Waals surface area contributed by atoms with Gasteiger partial charge in [-0.05, 0) is 42.8 Å². The van der Waals surface area contributed by atoms with Crippen LogP contribution in [0.1, 0.15) is 18.3 Å². The summed E-state index contributed by atoms with van der Waals surface area (Å²) < 4.78 is 2.17. The summed E-state index contributed by atoms with van der Waals surface area (Å²) in [5.41, 5.74) is 9.87. The normalized spacial score (nSPS) is 11.2. The molecule has 0 aliphatic heterocycles. The average molecular weight is 300 g/mol. The van der Waals surface area contributed by atoms with E-state index in [2.05, 4.69) is 46.8 Å². The molecule has 0 amide bonds. The van der Waals surface area contributed by atoms with Gasteiger partial charge in [0.2, 0.25) is 0 Å². The van der Waals surface area contributed by atoms with Crippen LogP contribution in [0.15, 0.2) is 42.5 Å². The van der Waals surface area contributed by atoms with Gasteiger partial charge in [-0.15, -0.1) is 0 Å². The van der Waals surface area contributed by atoms with Crippen molar-refractivity contribution >= 4 is 22.6 Å². The number of benzene rings is 2. The van der Waals surface area contributed by atoms with Crippen molar-refractivity contribution in [3.63, 3.8) is 0 Å². The molecule has 0 aliphatic carbocycles. The molecule has 3 rings (SSSR count). The maximum atomic E-state index is 6.26. The molecular formula is C17H18ClN3. The van der Waals surface area contributed by atoms with Crippen molar-refractivity contribution in [2.75, 3.05) is 6.54 Å². The predicted octanol–water partition coefficient (Wildman–Crippen LogP) is 3.74. The predicted molar refractivity (Wildman–Crippen MR) is 88.2 cm³/mol. The molecule has 0 atom stereocenters. The van der Waals surface area contributed by atoms with Crippen molar-refractivity contribution in [3.8, 4) is 5.69 Å². The van der Waals surface area contributed by atoms with Gasteiger partial charge in [-0.3, -0.25) is 4.57 Å². The quantitative estimate of drug-likeness (QED) is 0.797. The van der Waals surface area contributed by atoms with Gasteiger partial charge in [0.25, 0.3) is 0 Å². The fourth-order valence-corrected chi connectivity index (χ4v) is 2.83. The largest absolute Gasteiger partial charge is 0.330 e. The topological polar surface area (TPSA) is 43.8 Å². The third-order valence-corrected chi connectivity index (χ3v) is 3.95. The molecule has 3 nitrogen and oxygen atoms in total. The van der Waals surface area contributed by atoms with Crippen LogP contribution in [0.25, 0.3) is 16.7 Å². The number of hydrogen-bond donors (Lipinski definition) is 1. The maximum Gasteiger partial charge on any atom is 0.114 e. The fourth-order valence-electron chi connectivity index (χ4n) is 2.62. The molecule has 21 heavy (non-hydrogen) atoms. The smallest absolute Gasteiger partial charge is 0.114 e. The van der Waals surface area contributed by atoms with Gasteiger partial charge in [-0.2, -0.15) is 0 Å². The highest BCUT2D eigenvalue weighted by Crippen LogP contribution is 2.27. The third kappa shape index (κ3) is 2.55. The highest BCUT2D eigenvalue weighted by molar-refractivity contribution is 6.34. The Morgan fingerprint density at radius 3 is 2.57 bits per heavy atom. The molecule has 1 heterocycles. The van der Waals surface area contributed by atoms with E-state index in [1.54, 1.807) is 0 Å². The van der Waals surface area contributed by atoms with Gasteiger partial charge < -0.3 is 5.73 Å². The molecular weight excluding hydrogens is 282 g/mol. The first-order chi connectivity index (χ1) is 10.2. The number of para-hydroxylation sites is 1. The maximum absolute atomic E-state index is 6.26. The van der Waals surface area contributed by atoms with Crippen molar-refractivity contribution in [3.05, 3.63) is 58.9 Å². The summed E-state index contributed by atoms with van der Waals surface area (Å²) in [6, 6.07) is 14.4. The van der Waals surface area contributed by atoms with E-state index in [0.29, 0.717) is 11.6 Å². The molecule has 0 spiro atoms. The molecule has 4 heteroatoms. The van der Waals surface area contributed by atoms with E-state index in [4.69, 9.17) is 17.3 Å². The van der Waals surface area contributed by atoms with E-state index in [9.17, 15) is 0 Å². The van der Waals surface area contributed by atoms with Gasteiger partial charge in [0, 0.05) is 12.1 Å². The molecule has 3 aromatic rings. The molecule has 0 radical (unpaired) electrons. The lowest BCUT2D eigenvalue weighted by molar-refractivity contribution is 0.905. The fraction of sp³-hybridized carbons (Fsp3) is 0.235. The van der Waals surface area contributed by atoms with Crippen LogP contribution in [0.4, 0.5) is 0 Å². The Kier molecular flexibility index (Phi) is 3.95. The number of aryl methyl sites for hydroxylation is 1. The Morgan fingerprint density at radius 1 is 1.14 bits per heavy atom. The standard InChI is InChI=1S/C17H18ClN3/c1-2-16-20-17-14(18)4-3-5-15(17)21(16)13-8-6-12(7-9-13)10-11-19/h3-9H,2,10-11,19H2,1H3. The van der Waals surface area contributed by atoms with Crippen LogP contribution in [0.2, 0.25) is 5.02 Å². The minimum atomic E-state index is 0.670. The van der Waals surface area contributed by atoms with Crippen molar-refractivity contribution in [1.29, 1.82) is 0 Å². The van der Waals surface area contributed by atoms with Gasteiger partial charge in [-0.25, -0.2) is 4.98 Å². The second kappa shape index (κ2) is 5.88. The van der Waals surface area contributed by atoms with Crippen LogP contribution in [0.3, 0.4) is 0 Å². The van der Waals surface area contributed by atoms with Gasteiger partial charge in [0.15, 0.2) is 0 Å². The van der Waals surface area contributed by atoms with Gasteiger partial charge in [0.05, 0.1) is 10.5 Å². The van der Waals surface area contributed by atoms with Crippen LogP contribution in [0.5, 0.6) is 0 Å². The zero-order valence-corrected chi connectivity index (χ0v) is 12.8. The second-order valence-electron chi connectivity index (χ2n) is 5.03. The van der Waals surface area contributed by atoms with E-state index in [1.807, 2.05) is 12.1 Å². The molecule has 1 aromatic heterocycles. The number of rotatable bonds is 4. The zero-order chi connectivity index (χ0) is 14.8. The van der Waals surface area contributed by atoms with Crippen molar-refractivity contribution in [2.24, 2.45) is 5.73 Å².